The van der Waals surface area contributed by atoms with E-state index in [1.165, 1.54) is 17.2 Å². The van der Waals surface area contributed by atoms with Crippen LogP contribution in [0.5, 0.6) is 0 Å². The third-order valence-corrected chi connectivity index (χ3v) is 5.18. The van der Waals surface area contributed by atoms with Crippen LogP contribution in [0.15, 0.2) is 36.5 Å². The van der Waals surface area contributed by atoms with E-state index in [1.54, 1.807) is 46.8 Å². The Bertz CT molecular complexity index is 1080. The van der Waals surface area contributed by atoms with Gasteiger partial charge in [-0.3, -0.25) is 14.5 Å². The molecule has 10 heteroatoms. The molecule has 2 heterocycles. The maximum atomic E-state index is 14.1. The number of halogens is 2. The SMILES string of the molecule is CC(C)[C@@H](NC(=O)OC(C)(C)C)C(=O)N1c2ncccc2C[C@H]1C(=O)Nc1c(F)cccc1F. The molecule has 1 aromatic carbocycles. The fourth-order valence-electron chi connectivity index (χ4n) is 3.64. The number of aromatic nitrogens is 1. The van der Waals surface area contributed by atoms with E-state index in [9.17, 15) is 23.2 Å². The second kappa shape index (κ2) is 9.74. The van der Waals surface area contributed by atoms with Gasteiger partial charge in [-0.1, -0.05) is 26.0 Å². The van der Waals surface area contributed by atoms with Crippen LogP contribution in [-0.4, -0.2) is 40.6 Å². The number of ether oxygens (including phenoxy) is 1. The van der Waals surface area contributed by atoms with Crippen LogP contribution < -0.4 is 15.5 Å². The number of benzene rings is 1. The number of hydrogen-bond donors (Lipinski definition) is 2. The zero-order chi connectivity index (χ0) is 25.2. The second-order valence-electron chi connectivity index (χ2n) is 9.37. The first-order chi connectivity index (χ1) is 15.9. The predicted octanol–water partition coefficient (Wildman–Crippen LogP) is 3.81. The van der Waals surface area contributed by atoms with Crippen LogP contribution in [0, 0.1) is 17.6 Å². The average Bonchev–Trinajstić information content (AvgIpc) is 3.12. The van der Waals surface area contributed by atoms with E-state index in [2.05, 4.69) is 15.6 Å². The van der Waals surface area contributed by atoms with Gasteiger partial charge in [-0.25, -0.2) is 18.6 Å². The third-order valence-electron chi connectivity index (χ3n) is 5.18. The van der Waals surface area contributed by atoms with Crippen molar-refractivity contribution >= 4 is 29.4 Å². The smallest absolute Gasteiger partial charge is 0.408 e. The van der Waals surface area contributed by atoms with Gasteiger partial charge in [-0.2, -0.15) is 0 Å². The van der Waals surface area contributed by atoms with Crippen LogP contribution in [0.2, 0.25) is 0 Å². The highest BCUT2D eigenvalue weighted by Gasteiger charge is 2.43. The van der Waals surface area contributed by atoms with Crippen LogP contribution in [0.25, 0.3) is 0 Å². The normalized spacial score (nSPS) is 16.1. The van der Waals surface area contributed by atoms with Crippen molar-refractivity contribution in [1.82, 2.24) is 10.3 Å². The number of alkyl carbamates (subject to hydrolysis) is 1. The topological polar surface area (TPSA) is 101 Å². The molecule has 1 aromatic heterocycles. The van der Waals surface area contributed by atoms with E-state index < -0.39 is 52.9 Å². The Labute approximate surface area is 196 Å². The van der Waals surface area contributed by atoms with E-state index >= 15 is 0 Å². The first kappa shape index (κ1) is 25.1. The van der Waals surface area contributed by atoms with Crippen molar-refractivity contribution in [3.05, 3.63) is 53.7 Å². The van der Waals surface area contributed by atoms with Crippen molar-refractivity contribution in [3.8, 4) is 0 Å². The highest BCUT2D eigenvalue weighted by Crippen LogP contribution is 2.32. The Morgan fingerprint density at radius 3 is 2.35 bits per heavy atom. The summed E-state index contributed by atoms with van der Waals surface area (Å²) < 4.78 is 33.5. The minimum absolute atomic E-state index is 0.0913. The molecule has 0 radical (unpaired) electrons. The number of amides is 3. The number of nitrogens with one attached hydrogen (secondary N) is 2. The first-order valence-electron chi connectivity index (χ1n) is 10.9. The molecule has 0 aliphatic carbocycles. The van der Waals surface area contributed by atoms with Crippen molar-refractivity contribution in [2.75, 3.05) is 10.2 Å². The van der Waals surface area contributed by atoms with Crippen LogP contribution in [0.1, 0.15) is 40.2 Å². The van der Waals surface area contributed by atoms with E-state index in [1.807, 2.05) is 0 Å². The molecule has 8 nitrogen and oxygen atoms in total. The number of rotatable bonds is 5. The molecular weight excluding hydrogens is 446 g/mol. The van der Waals surface area contributed by atoms with Crippen LogP contribution >= 0.6 is 0 Å². The maximum Gasteiger partial charge on any atom is 0.408 e. The van der Waals surface area contributed by atoms with E-state index in [-0.39, 0.29) is 18.2 Å². The number of anilines is 2. The molecule has 0 spiro atoms. The van der Waals surface area contributed by atoms with Gasteiger partial charge < -0.3 is 15.4 Å². The summed E-state index contributed by atoms with van der Waals surface area (Å²) in [6.45, 7) is 8.56. The summed E-state index contributed by atoms with van der Waals surface area (Å²) in [5, 5.41) is 4.83. The standard InChI is InChI=1S/C24H28F2N4O4/c1-13(2)18(29-23(33)34-24(3,4)5)22(32)30-17(12-14-8-7-11-27-20(14)30)21(31)28-19-15(25)9-6-10-16(19)26/h6-11,13,17-18H,12H2,1-5H3,(H,28,31)(H,29,33)/t17-,18+/m0/s1. The molecule has 0 fully saturated rings. The number of nitrogens with zero attached hydrogens (tertiary/aromatic N) is 2. The largest absolute Gasteiger partial charge is 0.444 e. The van der Waals surface area contributed by atoms with Crippen molar-refractivity contribution in [2.24, 2.45) is 5.92 Å². The van der Waals surface area contributed by atoms with Gasteiger partial charge in [0.05, 0.1) is 0 Å². The highest BCUT2D eigenvalue weighted by atomic mass is 19.1. The fraction of sp³-hybridized carbons (Fsp3) is 0.417. The molecule has 3 rings (SSSR count). The molecule has 0 saturated carbocycles. The van der Waals surface area contributed by atoms with Crippen LogP contribution in [0.4, 0.5) is 25.1 Å². The molecule has 0 saturated heterocycles. The molecule has 34 heavy (non-hydrogen) atoms. The molecule has 182 valence electrons. The molecule has 0 bridgehead atoms. The lowest BCUT2D eigenvalue weighted by molar-refractivity contribution is -0.125. The van der Waals surface area contributed by atoms with Crippen molar-refractivity contribution in [2.45, 2.75) is 58.7 Å². The summed E-state index contributed by atoms with van der Waals surface area (Å²) in [5.74, 6) is -3.36. The lowest BCUT2D eigenvalue weighted by atomic mass is 10.0. The summed E-state index contributed by atoms with van der Waals surface area (Å²) in [4.78, 5) is 44.6. The molecule has 1 aliphatic heterocycles. The zero-order valence-corrected chi connectivity index (χ0v) is 19.7. The first-order valence-corrected chi connectivity index (χ1v) is 10.9. The third kappa shape index (κ3) is 5.49. The molecular formula is C24H28F2N4O4. The summed E-state index contributed by atoms with van der Waals surface area (Å²) in [5.41, 5.74) is -0.760. The Kier molecular flexibility index (Phi) is 7.18. The van der Waals surface area contributed by atoms with Gasteiger partial charge in [0.25, 0.3) is 5.91 Å². The lowest BCUT2D eigenvalue weighted by Crippen LogP contribution is -2.56. The minimum Gasteiger partial charge on any atom is -0.444 e. The molecule has 2 atom stereocenters. The van der Waals surface area contributed by atoms with Crippen molar-refractivity contribution < 1.29 is 27.9 Å². The van der Waals surface area contributed by atoms with Gasteiger partial charge >= 0.3 is 6.09 Å². The lowest BCUT2D eigenvalue weighted by Gasteiger charge is -2.31. The number of carbonyl (C=O) groups is 3. The number of hydrogen-bond acceptors (Lipinski definition) is 5. The van der Waals surface area contributed by atoms with E-state index in [4.69, 9.17) is 4.74 Å². The Balaban J connectivity index is 1.92. The molecule has 1 aliphatic rings. The quantitative estimate of drug-likeness (QED) is 0.687. The highest BCUT2D eigenvalue weighted by molar-refractivity contribution is 6.08. The second-order valence-corrected chi connectivity index (χ2v) is 9.37. The van der Waals surface area contributed by atoms with Gasteiger partial charge in [0, 0.05) is 12.6 Å². The van der Waals surface area contributed by atoms with Gasteiger partial charge in [0.15, 0.2) is 0 Å². The number of para-hydroxylation sites is 1. The zero-order valence-electron chi connectivity index (χ0n) is 19.7. The Morgan fingerprint density at radius 1 is 1.12 bits per heavy atom. The van der Waals surface area contributed by atoms with Crippen LogP contribution in [0.3, 0.4) is 0 Å². The molecule has 3 amide bonds. The van der Waals surface area contributed by atoms with Crippen LogP contribution in [-0.2, 0) is 20.7 Å². The predicted molar refractivity (Wildman–Crippen MR) is 122 cm³/mol. The number of fused-ring (bicyclic) bond motifs is 1. The van der Waals surface area contributed by atoms with Gasteiger partial charge in [0.1, 0.15) is 40.8 Å². The molecule has 2 N–H and O–H groups in total. The van der Waals surface area contributed by atoms with Crippen molar-refractivity contribution in [1.29, 1.82) is 0 Å². The van der Waals surface area contributed by atoms with Gasteiger partial charge in [0.2, 0.25) is 5.91 Å². The Hall–Kier alpha value is -3.56. The molecule has 2 aromatic rings. The maximum absolute atomic E-state index is 14.1. The van der Waals surface area contributed by atoms with Gasteiger partial charge in [-0.15, -0.1) is 0 Å². The Morgan fingerprint density at radius 2 is 1.76 bits per heavy atom. The monoisotopic (exact) mass is 474 g/mol. The number of carbonyl (C=O) groups excluding carboxylic acids is 3. The summed E-state index contributed by atoms with van der Waals surface area (Å²) in [7, 11) is 0. The van der Waals surface area contributed by atoms with Gasteiger partial charge in [-0.05, 0) is 50.5 Å². The van der Waals surface area contributed by atoms with E-state index in [0.29, 0.717) is 5.56 Å². The average molecular weight is 475 g/mol. The molecule has 0 unspecified atom stereocenters. The summed E-state index contributed by atoms with van der Waals surface area (Å²) in [6.07, 6.45) is 0.782. The number of pyridine rings is 1. The fourth-order valence-corrected chi connectivity index (χ4v) is 3.64. The minimum atomic E-state index is -1.13. The van der Waals surface area contributed by atoms with Crippen molar-refractivity contribution in [3.63, 3.8) is 0 Å². The summed E-state index contributed by atoms with van der Waals surface area (Å²) in [6, 6.07) is 4.43. The summed E-state index contributed by atoms with van der Waals surface area (Å²) >= 11 is 0. The van der Waals surface area contributed by atoms with E-state index in [0.717, 1.165) is 12.1 Å².